The number of Topliss-reactive ketones (excluding diaryl/α,β-unsaturated/α-hetero) is 1. The van der Waals surface area contributed by atoms with E-state index in [1.54, 1.807) is 45.3 Å². The van der Waals surface area contributed by atoms with E-state index in [2.05, 4.69) is 10.3 Å². The predicted molar refractivity (Wildman–Crippen MR) is 145 cm³/mol. The number of hydrogen-bond acceptors (Lipinski definition) is 6. The third kappa shape index (κ3) is 8.10. The zero-order valence-electron chi connectivity index (χ0n) is 22.3. The molecular formula is C29H36N4O4. The summed E-state index contributed by atoms with van der Waals surface area (Å²) in [5, 5.41) is 2.73. The van der Waals surface area contributed by atoms with Crippen LogP contribution in [-0.4, -0.2) is 52.2 Å². The van der Waals surface area contributed by atoms with Gasteiger partial charge in [0.1, 0.15) is 11.4 Å². The molecule has 2 amide bonds. The van der Waals surface area contributed by atoms with Gasteiger partial charge < -0.3 is 9.64 Å². The van der Waals surface area contributed by atoms with Gasteiger partial charge in [0.25, 0.3) is 0 Å². The lowest BCUT2D eigenvalue weighted by Crippen LogP contribution is -2.38. The molecular weight excluding hydrogens is 468 g/mol. The van der Waals surface area contributed by atoms with Gasteiger partial charge in [-0.25, -0.2) is 9.79 Å². The first-order valence-electron chi connectivity index (χ1n) is 12.7. The molecule has 0 bridgehead atoms. The van der Waals surface area contributed by atoms with E-state index in [0.717, 1.165) is 24.0 Å². The number of hydrogen-bond donors (Lipinski definition) is 1. The van der Waals surface area contributed by atoms with Crippen LogP contribution < -0.4 is 5.32 Å². The first-order chi connectivity index (χ1) is 17.6. The zero-order chi connectivity index (χ0) is 27.0. The van der Waals surface area contributed by atoms with Gasteiger partial charge in [-0.15, -0.1) is 0 Å². The largest absolute Gasteiger partial charge is 0.444 e. The molecule has 0 fully saturated rings. The zero-order valence-corrected chi connectivity index (χ0v) is 22.3. The summed E-state index contributed by atoms with van der Waals surface area (Å²) in [6.45, 7) is 10.7. The Morgan fingerprint density at radius 2 is 1.81 bits per heavy atom. The second-order valence-corrected chi connectivity index (χ2v) is 10.1. The van der Waals surface area contributed by atoms with Gasteiger partial charge in [-0.1, -0.05) is 26.0 Å². The minimum absolute atomic E-state index is 0.0565. The van der Waals surface area contributed by atoms with Crippen molar-refractivity contribution in [2.45, 2.75) is 65.9 Å². The summed E-state index contributed by atoms with van der Waals surface area (Å²) in [4.78, 5) is 49.3. The van der Waals surface area contributed by atoms with Crippen molar-refractivity contribution in [3.63, 3.8) is 0 Å². The van der Waals surface area contributed by atoms with Crippen molar-refractivity contribution in [3.05, 3.63) is 65.0 Å². The van der Waals surface area contributed by atoms with E-state index >= 15 is 0 Å². The number of carbonyl (C=O) groups is 3. The molecule has 2 heterocycles. The molecule has 37 heavy (non-hydrogen) atoms. The van der Waals surface area contributed by atoms with Gasteiger partial charge in [0.05, 0.1) is 5.69 Å². The van der Waals surface area contributed by atoms with E-state index in [-0.39, 0.29) is 24.5 Å². The molecule has 8 heteroatoms. The fourth-order valence-electron chi connectivity index (χ4n) is 4.03. The van der Waals surface area contributed by atoms with Crippen LogP contribution in [0.15, 0.2) is 53.3 Å². The summed E-state index contributed by atoms with van der Waals surface area (Å²) in [5.41, 5.74) is 2.48. The van der Waals surface area contributed by atoms with Gasteiger partial charge in [0.2, 0.25) is 5.91 Å². The first kappa shape index (κ1) is 27.8. The maximum absolute atomic E-state index is 13.5. The Hall–Kier alpha value is -3.81. The number of rotatable bonds is 8. The average Bonchev–Trinajstić information content (AvgIpc) is 3.01. The molecule has 196 valence electrons. The van der Waals surface area contributed by atoms with E-state index in [1.165, 1.54) is 0 Å². The summed E-state index contributed by atoms with van der Waals surface area (Å²) >= 11 is 0. The normalized spacial score (nSPS) is 13.0. The molecule has 0 radical (unpaired) electrons. The van der Waals surface area contributed by atoms with Crippen LogP contribution in [-0.2, 0) is 16.0 Å². The molecule has 2 aromatic rings. The molecule has 0 aliphatic carbocycles. The van der Waals surface area contributed by atoms with E-state index in [0.29, 0.717) is 35.7 Å². The number of amidine groups is 1. The molecule has 0 saturated carbocycles. The molecule has 0 unspecified atom stereocenters. The number of pyridine rings is 1. The SMILES string of the molecule is CCCN(CCC)C(=O)C1=Cc2ccc(CC(=O)c3cccnc3)cc2N=C(NC(=O)OC(C)(C)C)C1. The van der Waals surface area contributed by atoms with Gasteiger partial charge in [-0.3, -0.25) is 19.9 Å². The number of amides is 2. The number of nitrogens with zero attached hydrogens (tertiary/aromatic N) is 3. The van der Waals surface area contributed by atoms with Crippen LogP contribution in [0.5, 0.6) is 0 Å². The number of benzene rings is 1. The monoisotopic (exact) mass is 504 g/mol. The summed E-state index contributed by atoms with van der Waals surface area (Å²) in [6, 6.07) is 9.01. The van der Waals surface area contributed by atoms with Gasteiger partial charge in [-0.2, -0.15) is 0 Å². The molecule has 0 atom stereocenters. The molecule has 1 aliphatic rings. The number of fused-ring (bicyclic) bond motifs is 1. The van der Waals surface area contributed by atoms with Gasteiger partial charge in [-0.05, 0) is 63.5 Å². The Kier molecular flexibility index (Phi) is 9.33. The highest BCUT2D eigenvalue weighted by molar-refractivity contribution is 6.08. The lowest BCUT2D eigenvalue weighted by Gasteiger charge is -2.23. The number of ether oxygens (including phenoxy) is 1. The average molecular weight is 505 g/mol. The third-order valence-electron chi connectivity index (χ3n) is 5.58. The molecule has 0 spiro atoms. The summed E-state index contributed by atoms with van der Waals surface area (Å²) in [5.74, 6) is 0.182. The Labute approximate surface area is 218 Å². The number of carbonyl (C=O) groups excluding carboxylic acids is 3. The molecule has 1 N–H and O–H groups in total. The van der Waals surface area contributed by atoms with Gasteiger partial charge in [0, 0.05) is 55.0 Å². The highest BCUT2D eigenvalue weighted by atomic mass is 16.6. The van der Waals surface area contributed by atoms with Crippen LogP contribution in [0.2, 0.25) is 0 Å². The molecule has 0 saturated heterocycles. The Morgan fingerprint density at radius 1 is 1.08 bits per heavy atom. The lowest BCUT2D eigenvalue weighted by atomic mass is 10.0. The Balaban J connectivity index is 1.96. The van der Waals surface area contributed by atoms with E-state index in [9.17, 15) is 14.4 Å². The summed E-state index contributed by atoms with van der Waals surface area (Å²) in [6.07, 6.45) is 6.40. The van der Waals surface area contributed by atoms with Crippen LogP contribution in [0.1, 0.15) is 75.4 Å². The van der Waals surface area contributed by atoms with Crippen molar-refractivity contribution in [3.8, 4) is 0 Å². The highest BCUT2D eigenvalue weighted by Gasteiger charge is 2.24. The number of ketones is 1. The van der Waals surface area contributed by atoms with Crippen LogP contribution in [0.3, 0.4) is 0 Å². The second-order valence-electron chi connectivity index (χ2n) is 10.1. The van der Waals surface area contributed by atoms with Crippen LogP contribution in [0.25, 0.3) is 6.08 Å². The van der Waals surface area contributed by atoms with E-state index in [1.807, 2.05) is 43.0 Å². The quantitative estimate of drug-likeness (QED) is 0.479. The first-order valence-corrected chi connectivity index (χ1v) is 12.7. The van der Waals surface area contributed by atoms with Crippen LogP contribution in [0.4, 0.5) is 10.5 Å². The third-order valence-corrected chi connectivity index (χ3v) is 5.58. The van der Waals surface area contributed by atoms with Crippen LogP contribution in [0, 0.1) is 0 Å². The van der Waals surface area contributed by atoms with E-state index in [4.69, 9.17) is 9.73 Å². The number of nitrogens with one attached hydrogen (secondary N) is 1. The van der Waals surface area contributed by atoms with Crippen molar-refractivity contribution < 1.29 is 19.1 Å². The topological polar surface area (TPSA) is 101 Å². The highest BCUT2D eigenvalue weighted by Crippen LogP contribution is 2.29. The van der Waals surface area contributed by atoms with Crippen LogP contribution >= 0.6 is 0 Å². The fourth-order valence-corrected chi connectivity index (χ4v) is 4.03. The standard InChI is InChI=1S/C29H36N4O4/c1-6-13-33(14-7-2)27(35)23-17-21-11-10-20(16-25(34)22-9-8-12-30-19-22)15-24(21)31-26(18-23)32-28(36)37-29(3,4)5/h8-12,15,17,19H,6-7,13-14,16,18H2,1-5H3,(H,31,32,36). The maximum Gasteiger partial charge on any atom is 0.413 e. The molecule has 1 aromatic carbocycles. The number of aliphatic imine (C=N–C) groups is 1. The summed E-state index contributed by atoms with van der Waals surface area (Å²) in [7, 11) is 0. The number of aromatic nitrogens is 1. The van der Waals surface area contributed by atoms with Crippen molar-refractivity contribution in [2.24, 2.45) is 4.99 Å². The summed E-state index contributed by atoms with van der Waals surface area (Å²) < 4.78 is 5.42. The minimum atomic E-state index is -0.680. The molecule has 3 rings (SSSR count). The second kappa shape index (κ2) is 12.4. The van der Waals surface area contributed by atoms with Crippen molar-refractivity contribution in [1.29, 1.82) is 0 Å². The molecule has 1 aromatic heterocycles. The predicted octanol–water partition coefficient (Wildman–Crippen LogP) is 5.50. The smallest absolute Gasteiger partial charge is 0.413 e. The maximum atomic E-state index is 13.5. The molecule has 8 nitrogen and oxygen atoms in total. The Bertz CT molecular complexity index is 1190. The molecule has 1 aliphatic heterocycles. The van der Waals surface area contributed by atoms with Crippen molar-refractivity contribution >= 4 is 35.4 Å². The van der Waals surface area contributed by atoms with Crippen molar-refractivity contribution in [2.75, 3.05) is 13.1 Å². The Morgan fingerprint density at radius 3 is 2.43 bits per heavy atom. The number of alkyl carbamates (subject to hydrolysis) is 1. The van der Waals surface area contributed by atoms with E-state index < -0.39 is 11.7 Å². The fraction of sp³-hybridized carbons (Fsp3) is 0.414. The van der Waals surface area contributed by atoms with Gasteiger partial charge >= 0.3 is 6.09 Å². The van der Waals surface area contributed by atoms with Crippen molar-refractivity contribution in [1.82, 2.24) is 15.2 Å². The lowest BCUT2D eigenvalue weighted by molar-refractivity contribution is -0.127. The van der Waals surface area contributed by atoms with Gasteiger partial charge in [0.15, 0.2) is 5.78 Å². The minimum Gasteiger partial charge on any atom is -0.444 e.